The fraction of sp³-hybridized carbons (Fsp3) is 0.250. The molecule has 8 nitrogen and oxygen atoms in total. The molecule has 0 saturated carbocycles. The minimum atomic E-state index is -3.58. The van der Waals surface area contributed by atoms with Crippen molar-refractivity contribution in [1.82, 2.24) is 5.32 Å². The normalized spacial score (nSPS) is 12.9. The van der Waals surface area contributed by atoms with Gasteiger partial charge in [-0.05, 0) is 66.1 Å². The summed E-state index contributed by atoms with van der Waals surface area (Å²) in [5.41, 5.74) is 1.37. The van der Waals surface area contributed by atoms with Crippen LogP contribution < -0.4 is 14.8 Å². The third-order valence-corrected chi connectivity index (χ3v) is 5.82. The number of aromatic hydroxyl groups is 1. The molecule has 0 unspecified atom stereocenters. The maximum atomic E-state index is 11.4. The number of sulfonamides is 1. The van der Waals surface area contributed by atoms with E-state index in [0.717, 1.165) is 11.8 Å². The first kappa shape index (κ1) is 28.7. The molecule has 190 valence electrons. The van der Waals surface area contributed by atoms with Gasteiger partial charge in [-0.2, -0.15) is 0 Å². The number of benzene rings is 3. The predicted molar refractivity (Wildman–Crippen MR) is 139 cm³/mol. The Kier molecular flexibility index (Phi) is 10.6. The van der Waals surface area contributed by atoms with Crippen molar-refractivity contribution in [2.75, 3.05) is 24.1 Å². The Labute approximate surface area is 216 Å². The number of hydrogen-bond acceptors (Lipinski definition) is 7. The first-order valence-corrected chi connectivity index (χ1v) is 12.8. The lowest BCUT2D eigenvalue weighted by atomic mass is 10.0. The highest BCUT2D eigenvalue weighted by Gasteiger charge is 2.15. The Hall–Kier alpha value is -2.53. The van der Waals surface area contributed by atoms with Crippen molar-refractivity contribution < 1.29 is 28.5 Å². The first-order chi connectivity index (χ1) is 16.1. The molecule has 0 bridgehead atoms. The number of phenols is 1. The molecule has 35 heavy (non-hydrogen) atoms. The van der Waals surface area contributed by atoms with Crippen molar-refractivity contribution in [3.63, 3.8) is 0 Å². The Balaban J connectivity index is 0.00000432. The van der Waals surface area contributed by atoms with Crippen molar-refractivity contribution in [3.8, 4) is 17.2 Å². The summed E-state index contributed by atoms with van der Waals surface area (Å²) in [4.78, 5) is 0. The summed E-state index contributed by atoms with van der Waals surface area (Å²) < 4.78 is 30.9. The van der Waals surface area contributed by atoms with Crippen molar-refractivity contribution in [2.24, 2.45) is 0 Å². The van der Waals surface area contributed by atoms with Crippen LogP contribution in [0.5, 0.6) is 17.2 Å². The smallest absolute Gasteiger partial charge is 0.229 e. The maximum Gasteiger partial charge on any atom is 0.229 e. The molecule has 0 aromatic heterocycles. The monoisotopic (exact) mass is 542 g/mol. The second kappa shape index (κ2) is 13.0. The molecule has 3 aromatic carbocycles. The molecule has 0 heterocycles. The molecule has 0 amide bonds. The van der Waals surface area contributed by atoms with E-state index in [-0.39, 0.29) is 43.0 Å². The predicted octanol–water partition coefficient (Wildman–Crippen LogP) is 3.86. The second-order valence-electron chi connectivity index (χ2n) is 7.86. The van der Waals surface area contributed by atoms with Gasteiger partial charge in [-0.1, -0.05) is 29.8 Å². The molecule has 0 fully saturated rings. The van der Waals surface area contributed by atoms with Crippen LogP contribution in [0.25, 0.3) is 0 Å². The lowest BCUT2D eigenvalue weighted by Gasteiger charge is -2.20. The Morgan fingerprint density at radius 2 is 1.60 bits per heavy atom. The number of aliphatic hydroxyl groups excluding tert-OH is 2. The van der Waals surface area contributed by atoms with Gasteiger partial charge in [-0.3, -0.25) is 4.72 Å². The summed E-state index contributed by atoms with van der Waals surface area (Å²) in [6, 6.07) is 18.4. The van der Waals surface area contributed by atoms with E-state index >= 15 is 0 Å². The Morgan fingerprint density at radius 3 is 2.17 bits per heavy atom. The molecule has 3 rings (SSSR count). The van der Waals surface area contributed by atoms with Gasteiger partial charge in [0.25, 0.3) is 0 Å². The summed E-state index contributed by atoms with van der Waals surface area (Å²) in [6.07, 6.45) is 0.505. The summed E-state index contributed by atoms with van der Waals surface area (Å²) in [5.74, 6) is 1.09. The lowest BCUT2D eigenvalue weighted by molar-refractivity contribution is 0.158. The summed E-state index contributed by atoms with van der Waals surface area (Å²) in [6.45, 7) is -0.0295. The highest BCUT2D eigenvalue weighted by molar-refractivity contribution is 7.92. The molecule has 0 aliphatic rings. The van der Waals surface area contributed by atoms with E-state index in [9.17, 15) is 23.7 Å². The summed E-state index contributed by atoms with van der Waals surface area (Å²) >= 11 is 5.88. The van der Waals surface area contributed by atoms with Crippen LogP contribution >= 0.6 is 24.0 Å². The standard InChI is InChI=1S/C24H27ClN2O6S.ClH/c1-34(31,32)27-22-13-17(4-11-23(22)29)24(30)14-26-19(15-28)12-16-2-7-20(8-3-16)33-21-9-5-18(25)6-10-21;/h2-11,13,19,24,26-30H,12,14-15H2,1H3;1H/t19-,24-;/m0./s1. The van der Waals surface area contributed by atoms with Crippen LogP contribution in [0.4, 0.5) is 5.69 Å². The number of halogens is 2. The van der Waals surface area contributed by atoms with E-state index in [4.69, 9.17) is 16.3 Å². The molecule has 0 aliphatic carbocycles. The van der Waals surface area contributed by atoms with Gasteiger partial charge in [-0.25, -0.2) is 8.42 Å². The fourth-order valence-electron chi connectivity index (χ4n) is 3.26. The van der Waals surface area contributed by atoms with Gasteiger partial charge < -0.3 is 25.4 Å². The van der Waals surface area contributed by atoms with Crippen molar-refractivity contribution in [3.05, 3.63) is 82.9 Å². The highest BCUT2D eigenvalue weighted by Crippen LogP contribution is 2.28. The quantitative estimate of drug-likeness (QED) is 0.233. The Bertz CT molecular complexity index is 1190. The van der Waals surface area contributed by atoms with E-state index < -0.39 is 16.1 Å². The van der Waals surface area contributed by atoms with Gasteiger partial charge in [-0.15, -0.1) is 12.4 Å². The van der Waals surface area contributed by atoms with Crippen molar-refractivity contribution in [2.45, 2.75) is 18.6 Å². The molecule has 5 N–H and O–H groups in total. The van der Waals surface area contributed by atoms with Gasteiger partial charge in [0, 0.05) is 17.6 Å². The molecular weight excluding hydrogens is 515 g/mol. The van der Waals surface area contributed by atoms with E-state index in [1.54, 1.807) is 24.3 Å². The zero-order valence-corrected chi connectivity index (χ0v) is 21.3. The molecule has 0 aliphatic heterocycles. The topological polar surface area (TPSA) is 128 Å². The van der Waals surface area contributed by atoms with Gasteiger partial charge in [0.1, 0.15) is 17.2 Å². The van der Waals surface area contributed by atoms with Crippen LogP contribution in [0.3, 0.4) is 0 Å². The van der Waals surface area contributed by atoms with E-state index in [0.29, 0.717) is 28.5 Å². The van der Waals surface area contributed by atoms with Crippen LogP contribution in [0.15, 0.2) is 66.7 Å². The van der Waals surface area contributed by atoms with Crippen LogP contribution in [0.2, 0.25) is 5.02 Å². The fourth-order valence-corrected chi connectivity index (χ4v) is 3.95. The highest BCUT2D eigenvalue weighted by atomic mass is 35.5. The molecule has 0 saturated heterocycles. The summed E-state index contributed by atoms with van der Waals surface area (Å²) in [5, 5.41) is 33.9. The Morgan fingerprint density at radius 1 is 1.00 bits per heavy atom. The average Bonchev–Trinajstić information content (AvgIpc) is 2.79. The molecule has 0 radical (unpaired) electrons. The van der Waals surface area contributed by atoms with Crippen LogP contribution in [-0.2, 0) is 16.4 Å². The number of anilines is 1. The molecule has 0 spiro atoms. The van der Waals surface area contributed by atoms with Gasteiger partial charge >= 0.3 is 0 Å². The number of hydrogen-bond donors (Lipinski definition) is 5. The van der Waals surface area contributed by atoms with Crippen molar-refractivity contribution >= 4 is 39.7 Å². The largest absolute Gasteiger partial charge is 0.506 e. The van der Waals surface area contributed by atoms with E-state index in [1.807, 2.05) is 24.3 Å². The van der Waals surface area contributed by atoms with Crippen molar-refractivity contribution in [1.29, 1.82) is 0 Å². The van der Waals surface area contributed by atoms with E-state index in [1.165, 1.54) is 18.2 Å². The SMILES string of the molecule is CS(=O)(=O)Nc1cc([C@@H](O)CN[C@H](CO)Cc2ccc(Oc3ccc(Cl)cc3)cc2)ccc1O.Cl. The van der Waals surface area contributed by atoms with E-state index in [2.05, 4.69) is 10.0 Å². The zero-order valence-electron chi connectivity index (χ0n) is 18.9. The lowest BCUT2D eigenvalue weighted by Crippen LogP contribution is -2.37. The number of rotatable bonds is 11. The molecule has 3 aromatic rings. The molecule has 11 heteroatoms. The number of ether oxygens (including phenoxy) is 1. The first-order valence-electron chi connectivity index (χ1n) is 10.5. The van der Waals surface area contributed by atoms with Crippen LogP contribution in [0, 0.1) is 0 Å². The average molecular weight is 543 g/mol. The molecular formula is C24H28Cl2N2O6S. The molecule has 2 atom stereocenters. The summed E-state index contributed by atoms with van der Waals surface area (Å²) in [7, 11) is -3.58. The second-order valence-corrected chi connectivity index (χ2v) is 10.0. The third kappa shape index (κ3) is 9.21. The van der Waals surface area contributed by atoms with Gasteiger partial charge in [0.05, 0.1) is 24.7 Å². The van der Waals surface area contributed by atoms with Crippen LogP contribution in [-0.4, -0.2) is 49.2 Å². The number of nitrogens with one attached hydrogen (secondary N) is 2. The van der Waals surface area contributed by atoms with Gasteiger partial charge in [0.15, 0.2) is 0 Å². The van der Waals surface area contributed by atoms with Gasteiger partial charge in [0.2, 0.25) is 10.0 Å². The maximum absolute atomic E-state index is 11.4. The zero-order chi connectivity index (χ0) is 24.7. The number of phenolic OH excluding ortho intramolecular Hbond substituents is 1. The third-order valence-electron chi connectivity index (χ3n) is 4.98. The minimum Gasteiger partial charge on any atom is -0.506 e. The van der Waals surface area contributed by atoms with Crippen LogP contribution in [0.1, 0.15) is 17.2 Å². The minimum absolute atomic E-state index is 0. The number of aliphatic hydroxyl groups is 2.